The highest BCUT2D eigenvalue weighted by atomic mass is 19.4. The molecule has 0 bridgehead atoms. The van der Waals surface area contributed by atoms with Crippen molar-refractivity contribution in [3.63, 3.8) is 0 Å². The maximum absolute atomic E-state index is 12.0. The molecule has 0 saturated carbocycles. The molecule has 1 aliphatic carbocycles. The third-order valence-electron chi connectivity index (χ3n) is 2.67. The molecule has 0 spiro atoms. The maximum Gasteiger partial charge on any atom is 0.390 e. The molecule has 2 atom stereocenters. The Kier molecular flexibility index (Phi) is 4.64. The molecule has 0 amide bonds. The van der Waals surface area contributed by atoms with Gasteiger partial charge < -0.3 is 5.32 Å². The van der Waals surface area contributed by atoms with Crippen molar-refractivity contribution >= 4 is 0 Å². The minimum absolute atomic E-state index is 0.476. The van der Waals surface area contributed by atoms with E-state index in [0.717, 1.165) is 19.3 Å². The van der Waals surface area contributed by atoms with Crippen LogP contribution in [0.15, 0.2) is 12.2 Å². The summed E-state index contributed by atoms with van der Waals surface area (Å²) in [6, 6.07) is -0.476. The van der Waals surface area contributed by atoms with E-state index < -0.39 is 18.6 Å². The lowest BCUT2D eigenvalue weighted by Gasteiger charge is -2.22. The maximum atomic E-state index is 12.0. The van der Waals surface area contributed by atoms with Gasteiger partial charge in [-0.1, -0.05) is 12.2 Å². The van der Waals surface area contributed by atoms with Gasteiger partial charge in [0.1, 0.15) is 0 Å². The van der Waals surface area contributed by atoms with Crippen LogP contribution in [0.4, 0.5) is 13.2 Å². The summed E-state index contributed by atoms with van der Waals surface area (Å²) in [6.45, 7) is 2.29. The van der Waals surface area contributed by atoms with Crippen molar-refractivity contribution in [1.82, 2.24) is 5.32 Å². The molecule has 2 unspecified atom stereocenters. The number of alkyl halides is 3. The highest BCUT2D eigenvalue weighted by molar-refractivity contribution is 4.90. The Morgan fingerprint density at radius 3 is 2.67 bits per heavy atom. The second kappa shape index (κ2) is 5.54. The van der Waals surface area contributed by atoms with Crippen LogP contribution in [0, 0.1) is 5.92 Å². The fourth-order valence-corrected chi connectivity index (χ4v) is 1.83. The first-order valence-corrected chi connectivity index (χ1v) is 5.42. The normalized spacial score (nSPS) is 24.1. The van der Waals surface area contributed by atoms with Gasteiger partial charge in [-0.2, -0.15) is 13.2 Å². The lowest BCUT2D eigenvalue weighted by molar-refractivity contribution is -0.139. The third-order valence-corrected chi connectivity index (χ3v) is 2.67. The standard InChI is InChI=1S/C11H18F3N/c1-9(7-11(12,13)14)15-8-10-5-3-2-4-6-10/h2-3,9-10,15H,4-8H2,1H3. The number of hydrogen-bond acceptors (Lipinski definition) is 1. The average Bonchev–Trinajstić information content (AvgIpc) is 2.14. The zero-order chi connectivity index (χ0) is 11.3. The van der Waals surface area contributed by atoms with Gasteiger partial charge in [0.25, 0.3) is 0 Å². The highest BCUT2D eigenvalue weighted by Gasteiger charge is 2.29. The summed E-state index contributed by atoms with van der Waals surface area (Å²) in [7, 11) is 0. The molecule has 0 aromatic rings. The molecule has 0 aromatic heterocycles. The summed E-state index contributed by atoms with van der Waals surface area (Å²) in [5.41, 5.74) is 0. The summed E-state index contributed by atoms with van der Waals surface area (Å²) in [6.07, 6.45) is 2.59. The van der Waals surface area contributed by atoms with E-state index in [4.69, 9.17) is 0 Å². The topological polar surface area (TPSA) is 12.0 Å². The smallest absolute Gasteiger partial charge is 0.314 e. The molecule has 1 nitrogen and oxygen atoms in total. The lowest BCUT2D eigenvalue weighted by atomic mass is 9.94. The van der Waals surface area contributed by atoms with Gasteiger partial charge in [-0.15, -0.1) is 0 Å². The van der Waals surface area contributed by atoms with Crippen molar-refractivity contribution in [2.45, 2.75) is 44.8 Å². The van der Waals surface area contributed by atoms with E-state index in [-0.39, 0.29) is 0 Å². The van der Waals surface area contributed by atoms with E-state index in [0.29, 0.717) is 12.5 Å². The van der Waals surface area contributed by atoms with Crippen LogP contribution in [-0.2, 0) is 0 Å². The fourth-order valence-electron chi connectivity index (χ4n) is 1.83. The molecular weight excluding hydrogens is 203 g/mol. The predicted molar refractivity (Wildman–Crippen MR) is 54.6 cm³/mol. The predicted octanol–water partition coefficient (Wildman–Crippen LogP) is 3.27. The SMILES string of the molecule is CC(CC(F)(F)F)NCC1CC=CCC1. The number of rotatable bonds is 4. The summed E-state index contributed by atoms with van der Waals surface area (Å²) < 4.78 is 36.1. The summed E-state index contributed by atoms with van der Waals surface area (Å²) in [5.74, 6) is 0.505. The number of nitrogens with one attached hydrogen (secondary N) is 1. The Morgan fingerprint density at radius 1 is 1.40 bits per heavy atom. The molecule has 1 rings (SSSR count). The summed E-state index contributed by atoms with van der Waals surface area (Å²) in [5, 5.41) is 2.95. The molecule has 0 aliphatic heterocycles. The van der Waals surface area contributed by atoms with E-state index in [2.05, 4.69) is 17.5 Å². The van der Waals surface area contributed by atoms with Gasteiger partial charge in [0, 0.05) is 6.04 Å². The zero-order valence-electron chi connectivity index (χ0n) is 8.98. The van der Waals surface area contributed by atoms with Crippen molar-refractivity contribution < 1.29 is 13.2 Å². The Hall–Kier alpha value is -0.510. The average molecular weight is 221 g/mol. The van der Waals surface area contributed by atoms with Gasteiger partial charge in [0.15, 0.2) is 0 Å². The third kappa shape index (κ3) is 5.82. The van der Waals surface area contributed by atoms with Crippen LogP contribution in [0.1, 0.15) is 32.6 Å². The molecule has 1 aliphatic rings. The van der Waals surface area contributed by atoms with Gasteiger partial charge in [0.05, 0.1) is 6.42 Å². The molecule has 0 saturated heterocycles. The molecule has 0 fully saturated rings. The first kappa shape index (κ1) is 12.6. The van der Waals surface area contributed by atoms with Crippen molar-refractivity contribution in [3.05, 3.63) is 12.2 Å². The first-order valence-electron chi connectivity index (χ1n) is 5.42. The van der Waals surface area contributed by atoms with Gasteiger partial charge in [-0.25, -0.2) is 0 Å². The number of hydrogen-bond donors (Lipinski definition) is 1. The van der Waals surface area contributed by atoms with Crippen molar-refractivity contribution in [3.8, 4) is 0 Å². The monoisotopic (exact) mass is 221 g/mol. The summed E-state index contributed by atoms with van der Waals surface area (Å²) in [4.78, 5) is 0. The Bertz CT molecular complexity index is 210. The molecule has 0 heterocycles. The van der Waals surface area contributed by atoms with E-state index in [1.165, 1.54) is 0 Å². The van der Waals surface area contributed by atoms with E-state index in [1.807, 2.05) is 0 Å². The van der Waals surface area contributed by atoms with E-state index in [1.54, 1.807) is 6.92 Å². The first-order chi connectivity index (χ1) is 6.97. The van der Waals surface area contributed by atoms with Crippen LogP contribution in [0.2, 0.25) is 0 Å². The van der Waals surface area contributed by atoms with Crippen LogP contribution >= 0.6 is 0 Å². The fraction of sp³-hybridized carbons (Fsp3) is 0.818. The Balaban J connectivity index is 2.16. The second-order valence-electron chi connectivity index (χ2n) is 4.28. The van der Waals surface area contributed by atoms with E-state index >= 15 is 0 Å². The highest BCUT2D eigenvalue weighted by Crippen LogP contribution is 2.22. The Labute approximate surface area is 88.7 Å². The number of halogens is 3. The molecular formula is C11H18F3N. The Morgan fingerprint density at radius 2 is 2.13 bits per heavy atom. The zero-order valence-corrected chi connectivity index (χ0v) is 8.98. The molecule has 4 heteroatoms. The van der Waals surface area contributed by atoms with Gasteiger partial charge >= 0.3 is 6.18 Å². The molecule has 88 valence electrons. The van der Waals surface area contributed by atoms with E-state index in [9.17, 15) is 13.2 Å². The molecule has 0 radical (unpaired) electrons. The lowest BCUT2D eigenvalue weighted by Crippen LogP contribution is -2.34. The minimum atomic E-state index is -4.06. The van der Waals surface area contributed by atoms with Crippen LogP contribution in [0.25, 0.3) is 0 Å². The second-order valence-corrected chi connectivity index (χ2v) is 4.28. The molecule has 1 N–H and O–H groups in total. The largest absolute Gasteiger partial charge is 0.390 e. The van der Waals surface area contributed by atoms with Crippen LogP contribution in [-0.4, -0.2) is 18.8 Å². The van der Waals surface area contributed by atoms with Crippen LogP contribution < -0.4 is 5.32 Å². The molecule has 15 heavy (non-hydrogen) atoms. The van der Waals surface area contributed by atoms with Crippen LogP contribution in [0.5, 0.6) is 0 Å². The quantitative estimate of drug-likeness (QED) is 0.718. The number of allylic oxidation sites excluding steroid dienone is 2. The van der Waals surface area contributed by atoms with Crippen LogP contribution in [0.3, 0.4) is 0 Å². The van der Waals surface area contributed by atoms with Gasteiger partial charge in [0.2, 0.25) is 0 Å². The van der Waals surface area contributed by atoms with Crippen molar-refractivity contribution in [1.29, 1.82) is 0 Å². The van der Waals surface area contributed by atoms with Crippen molar-refractivity contribution in [2.75, 3.05) is 6.54 Å². The van der Waals surface area contributed by atoms with Crippen molar-refractivity contribution in [2.24, 2.45) is 5.92 Å². The minimum Gasteiger partial charge on any atom is -0.314 e. The molecule has 0 aromatic carbocycles. The van der Waals surface area contributed by atoms with Gasteiger partial charge in [-0.3, -0.25) is 0 Å². The van der Waals surface area contributed by atoms with Gasteiger partial charge in [-0.05, 0) is 38.6 Å². The summed E-state index contributed by atoms with van der Waals surface area (Å²) >= 11 is 0.